The second kappa shape index (κ2) is 10.1. The lowest BCUT2D eigenvalue weighted by molar-refractivity contribution is -0.151. The monoisotopic (exact) mass is 521 g/mol. The van der Waals surface area contributed by atoms with Gasteiger partial charge in [-0.25, -0.2) is 8.42 Å². The highest BCUT2D eigenvalue weighted by molar-refractivity contribution is 7.89. The fourth-order valence-electron chi connectivity index (χ4n) is 4.75. The molecule has 4 rings (SSSR count). The summed E-state index contributed by atoms with van der Waals surface area (Å²) in [4.78, 5) is 41.1. The number of piperidine rings is 1. The Bertz CT molecular complexity index is 1270. The predicted octanol–water partition coefficient (Wildman–Crippen LogP) is 2.17. The van der Waals surface area contributed by atoms with Crippen molar-refractivity contribution < 1.29 is 27.5 Å². The number of likely N-dealkylation sites (tertiary alicyclic amines) is 2. The van der Waals surface area contributed by atoms with E-state index in [-0.39, 0.29) is 42.2 Å². The van der Waals surface area contributed by atoms with Crippen molar-refractivity contribution in [2.24, 2.45) is 5.92 Å². The molecule has 0 radical (unpaired) electrons. The molecule has 2 aliphatic rings. The van der Waals surface area contributed by atoms with E-state index in [0.717, 1.165) is 5.39 Å². The number of hydrogen-bond donors (Lipinski definition) is 1. The lowest BCUT2D eigenvalue weighted by atomic mass is 9.97. The van der Waals surface area contributed by atoms with Crippen molar-refractivity contribution in [1.82, 2.24) is 14.5 Å². The number of nitrogens with one attached hydrogen (secondary N) is 1. The van der Waals surface area contributed by atoms with Gasteiger partial charge in [-0.15, -0.1) is 0 Å². The number of ether oxygens (including phenoxy) is 1. The van der Waals surface area contributed by atoms with Crippen LogP contribution in [0.1, 0.15) is 26.2 Å². The molecule has 2 fully saturated rings. The average molecular weight is 522 g/mol. The molecule has 1 N–H and O–H groups in total. The third kappa shape index (κ3) is 5.29. The third-order valence-electron chi connectivity index (χ3n) is 6.71. The standard InChI is InChI=1S/C24H28ClN3O6S/c1-15(22(29)27-10-3-4-18(14-27)24(31)34-2)28-11-9-21(23(28)30)26-35(32,33)20-8-6-16-12-19(25)7-5-17(16)13-20/h5-8,12-13,15,18,21,26H,3-4,9-11,14H2,1-2H3/t15-,18?,21-/m0/s1. The van der Waals surface area contributed by atoms with Gasteiger partial charge >= 0.3 is 5.97 Å². The Hall–Kier alpha value is -2.69. The van der Waals surface area contributed by atoms with Crippen molar-refractivity contribution in [3.8, 4) is 0 Å². The number of rotatable bonds is 6. The maximum atomic E-state index is 13.1. The molecule has 0 bridgehead atoms. The third-order valence-corrected chi connectivity index (χ3v) is 8.42. The Kier molecular flexibility index (Phi) is 7.35. The molecule has 0 aliphatic carbocycles. The zero-order valence-electron chi connectivity index (χ0n) is 19.6. The van der Waals surface area contributed by atoms with Crippen molar-refractivity contribution in [3.05, 3.63) is 41.4 Å². The molecule has 3 atom stereocenters. The summed E-state index contributed by atoms with van der Waals surface area (Å²) in [6.07, 6.45) is 1.58. The van der Waals surface area contributed by atoms with Crippen LogP contribution in [0.4, 0.5) is 0 Å². The van der Waals surface area contributed by atoms with Gasteiger partial charge in [0.25, 0.3) is 0 Å². The Balaban J connectivity index is 1.43. The molecule has 2 aromatic rings. The quantitative estimate of drug-likeness (QED) is 0.583. The molecule has 9 nitrogen and oxygen atoms in total. The van der Waals surface area contributed by atoms with Crippen molar-refractivity contribution in [2.75, 3.05) is 26.7 Å². The Morgan fingerprint density at radius 2 is 1.83 bits per heavy atom. The van der Waals surface area contributed by atoms with Crippen LogP contribution < -0.4 is 4.72 Å². The van der Waals surface area contributed by atoms with Gasteiger partial charge in [0.1, 0.15) is 12.1 Å². The van der Waals surface area contributed by atoms with Crippen LogP contribution in [-0.2, 0) is 29.1 Å². The summed E-state index contributed by atoms with van der Waals surface area (Å²) < 4.78 is 33.3. The van der Waals surface area contributed by atoms with Crippen molar-refractivity contribution in [2.45, 2.75) is 43.2 Å². The van der Waals surface area contributed by atoms with Crippen LogP contribution in [0.15, 0.2) is 41.3 Å². The Morgan fingerprint density at radius 3 is 2.57 bits per heavy atom. The fourth-order valence-corrected chi connectivity index (χ4v) is 6.19. The number of amides is 2. The highest BCUT2D eigenvalue weighted by Gasteiger charge is 2.41. The average Bonchev–Trinajstić information content (AvgIpc) is 3.21. The first-order valence-electron chi connectivity index (χ1n) is 11.5. The topological polar surface area (TPSA) is 113 Å². The largest absolute Gasteiger partial charge is 0.469 e. The molecule has 0 aromatic heterocycles. The van der Waals surface area contributed by atoms with Crippen molar-refractivity contribution >= 4 is 50.2 Å². The first-order valence-corrected chi connectivity index (χ1v) is 13.4. The maximum Gasteiger partial charge on any atom is 0.310 e. The minimum atomic E-state index is -3.97. The number of sulfonamides is 1. The summed E-state index contributed by atoms with van der Waals surface area (Å²) in [5, 5.41) is 2.07. The normalized spacial score (nSPS) is 21.9. The molecular weight excluding hydrogens is 494 g/mol. The van der Waals surface area contributed by atoms with E-state index >= 15 is 0 Å². The van der Waals surface area contributed by atoms with E-state index in [1.807, 2.05) is 0 Å². The lowest BCUT2D eigenvalue weighted by Crippen LogP contribution is -2.52. The van der Waals surface area contributed by atoms with Crippen molar-refractivity contribution in [1.29, 1.82) is 0 Å². The van der Waals surface area contributed by atoms with E-state index in [1.54, 1.807) is 36.1 Å². The van der Waals surface area contributed by atoms with Crippen LogP contribution in [0.2, 0.25) is 5.02 Å². The molecule has 0 spiro atoms. The number of hydrogen-bond acceptors (Lipinski definition) is 6. The summed E-state index contributed by atoms with van der Waals surface area (Å²) in [5.41, 5.74) is 0. The molecule has 11 heteroatoms. The van der Waals surface area contributed by atoms with E-state index in [1.165, 1.54) is 24.1 Å². The van der Waals surface area contributed by atoms with E-state index < -0.39 is 28.0 Å². The first-order chi connectivity index (χ1) is 16.6. The van der Waals surface area contributed by atoms with Gasteiger partial charge in [0, 0.05) is 24.7 Å². The highest BCUT2D eigenvalue weighted by atomic mass is 35.5. The van der Waals surface area contributed by atoms with Gasteiger partial charge in [-0.1, -0.05) is 23.7 Å². The van der Waals surface area contributed by atoms with Crippen LogP contribution in [0, 0.1) is 5.92 Å². The van der Waals surface area contributed by atoms with Gasteiger partial charge in [-0.3, -0.25) is 14.4 Å². The number of methoxy groups -OCH3 is 1. The Labute approximate surface area is 209 Å². The van der Waals surface area contributed by atoms with E-state index in [0.29, 0.717) is 29.8 Å². The smallest absolute Gasteiger partial charge is 0.310 e. The zero-order valence-corrected chi connectivity index (χ0v) is 21.1. The lowest BCUT2D eigenvalue weighted by Gasteiger charge is -2.35. The van der Waals surface area contributed by atoms with Crippen LogP contribution >= 0.6 is 11.6 Å². The zero-order chi connectivity index (χ0) is 25.3. The fraction of sp³-hybridized carbons (Fsp3) is 0.458. The van der Waals surface area contributed by atoms with Crippen LogP contribution in [-0.4, -0.2) is 74.8 Å². The minimum absolute atomic E-state index is 0.0462. The number of nitrogens with zero attached hydrogens (tertiary/aromatic N) is 2. The molecule has 0 saturated carbocycles. The van der Waals surface area contributed by atoms with Crippen LogP contribution in [0.5, 0.6) is 0 Å². The molecule has 1 unspecified atom stereocenters. The van der Waals surface area contributed by atoms with E-state index in [4.69, 9.17) is 16.3 Å². The molecule has 2 heterocycles. The molecule has 35 heavy (non-hydrogen) atoms. The molecular formula is C24H28ClN3O6S. The number of fused-ring (bicyclic) bond motifs is 1. The molecule has 188 valence electrons. The maximum absolute atomic E-state index is 13.1. The van der Waals surface area contributed by atoms with Gasteiger partial charge < -0.3 is 14.5 Å². The second-order valence-electron chi connectivity index (χ2n) is 8.97. The number of carbonyl (C=O) groups is 3. The van der Waals surface area contributed by atoms with Gasteiger partial charge in [-0.2, -0.15) is 4.72 Å². The minimum Gasteiger partial charge on any atom is -0.469 e. The second-order valence-corrected chi connectivity index (χ2v) is 11.1. The highest BCUT2D eigenvalue weighted by Crippen LogP contribution is 2.25. The summed E-state index contributed by atoms with van der Waals surface area (Å²) in [6.45, 7) is 2.64. The first kappa shape index (κ1) is 25.4. The number of carbonyl (C=O) groups excluding carboxylic acids is 3. The molecule has 2 aliphatic heterocycles. The molecule has 2 aromatic carbocycles. The summed E-state index contributed by atoms with van der Waals surface area (Å²) in [7, 11) is -2.64. The summed E-state index contributed by atoms with van der Waals surface area (Å²) >= 11 is 6.00. The number of benzene rings is 2. The SMILES string of the molecule is COC(=O)C1CCCN(C(=O)[C@H](C)N2CC[C@H](NS(=O)(=O)c3ccc4cc(Cl)ccc4c3)C2=O)C1. The van der Waals surface area contributed by atoms with Crippen LogP contribution in [0.25, 0.3) is 10.8 Å². The van der Waals surface area contributed by atoms with Gasteiger partial charge in [0.05, 0.1) is 17.9 Å². The van der Waals surface area contributed by atoms with Gasteiger partial charge in [0.2, 0.25) is 21.8 Å². The summed E-state index contributed by atoms with van der Waals surface area (Å²) in [6, 6.07) is 8.10. The summed E-state index contributed by atoms with van der Waals surface area (Å²) in [5.74, 6) is -1.43. The van der Waals surface area contributed by atoms with Crippen LogP contribution in [0.3, 0.4) is 0 Å². The van der Waals surface area contributed by atoms with E-state index in [9.17, 15) is 22.8 Å². The number of halogens is 1. The number of esters is 1. The predicted molar refractivity (Wildman–Crippen MR) is 130 cm³/mol. The molecule has 2 amide bonds. The van der Waals surface area contributed by atoms with E-state index in [2.05, 4.69) is 4.72 Å². The molecule has 2 saturated heterocycles. The van der Waals surface area contributed by atoms with Gasteiger partial charge in [0.15, 0.2) is 0 Å². The van der Waals surface area contributed by atoms with Gasteiger partial charge in [-0.05, 0) is 61.2 Å². The van der Waals surface area contributed by atoms with Crippen molar-refractivity contribution in [3.63, 3.8) is 0 Å². The Morgan fingerprint density at radius 1 is 1.11 bits per heavy atom.